The lowest BCUT2D eigenvalue weighted by Gasteiger charge is -2.41. The van der Waals surface area contributed by atoms with E-state index >= 15 is 0 Å². The van der Waals surface area contributed by atoms with Crippen molar-refractivity contribution in [1.82, 2.24) is 36.0 Å². The third kappa shape index (κ3) is 19.2. The molecular formula is C54H90N9O12P. The minimum absolute atomic E-state index is 0.00697. The zero-order valence-electron chi connectivity index (χ0n) is 47.4. The number of urea groups is 1. The Morgan fingerprint density at radius 1 is 0.868 bits per heavy atom. The number of carbonyl (C=O) groups is 6. The number of benzene rings is 2. The zero-order valence-corrected chi connectivity index (χ0v) is 48.3. The topological polar surface area (TPSA) is 273 Å². The molecule has 2 aromatic carbocycles. The van der Waals surface area contributed by atoms with Crippen molar-refractivity contribution < 1.29 is 56.7 Å². The Labute approximate surface area is 451 Å². The molecule has 76 heavy (non-hydrogen) atoms. The first-order valence-electron chi connectivity index (χ1n) is 26.5. The van der Waals surface area contributed by atoms with Crippen LogP contribution in [0.5, 0.6) is 0 Å². The predicted molar refractivity (Wildman–Crippen MR) is 292 cm³/mol. The lowest BCUT2D eigenvalue weighted by Crippen LogP contribution is -2.59. The molecule has 0 aromatic heterocycles. The molecule has 1 fully saturated rings. The number of ether oxygens (including phenoxy) is 2. The van der Waals surface area contributed by atoms with Gasteiger partial charge in [-0.1, -0.05) is 97.4 Å². The van der Waals surface area contributed by atoms with E-state index in [1.54, 1.807) is 92.3 Å². The smallest absolute Gasteiger partial charge is 0.379 e. The number of hydrogen-bond acceptors (Lipinski definition) is 13. The van der Waals surface area contributed by atoms with Crippen LogP contribution in [0.1, 0.15) is 111 Å². The third-order valence-corrected chi connectivity index (χ3v) is 15.3. The van der Waals surface area contributed by atoms with E-state index in [2.05, 4.69) is 26.6 Å². The third-order valence-electron chi connectivity index (χ3n) is 14.4. The molecule has 0 aliphatic carbocycles. The Hall–Kier alpha value is -4.99. The number of hydrogen-bond donors (Lipinski definition) is 7. The molecule has 12 atom stereocenters. The maximum Gasteiger partial charge on any atom is 0.473 e. The summed E-state index contributed by atoms with van der Waals surface area (Å²) in [5.41, 5.74) is 6.62. The first-order chi connectivity index (χ1) is 35.8. The quantitative estimate of drug-likeness (QED) is 0.0367. The van der Waals surface area contributed by atoms with E-state index in [0.717, 1.165) is 0 Å². The Balaban J connectivity index is 1.73. The summed E-state index contributed by atoms with van der Waals surface area (Å²) in [4.78, 5) is 96.8. The van der Waals surface area contributed by atoms with Crippen molar-refractivity contribution in [1.29, 1.82) is 0 Å². The number of nitrogens with one attached hydrogen (secondary N) is 5. The molecule has 0 radical (unpaired) electrons. The molecular weight excluding hydrogens is 998 g/mol. The second kappa shape index (κ2) is 31.4. The van der Waals surface area contributed by atoms with Crippen molar-refractivity contribution in [3.05, 3.63) is 65.7 Å². The van der Waals surface area contributed by atoms with Crippen LogP contribution in [0.4, 0.5) is 10.5 Å². The van der Waals surface area contributed by atoms with Crippen LogP contribution in [0.15, 0.2) is 54.6 Å². The number of nitrogens with two attached hydrogens (primary N) is 1. The van der Waals surface area contributed by atoms with Gasteiger partial charge in [0.25, 0.3) is 0 Å². The maximum absolute atomic E-state index is 14.5. The van der Waals surface area contributed by atoms with Crippen LogP contribution in [0, 0.1) is 23.7 Å². The predicted octanol–water partition coefficient (Wildman–Crippen LogP) is 5.19. The molecule has 428 valence electrons. The van der Waals surface area contributed by atoms with E-state index in [1.165, 1.54) is 14.2 Å². The minimum atomic E-state index is -4.78. The van der Waals surface area contributed by atoms with E-state index in [9.17, 15) is 38.2 Å². The number of likely N-dealkylation sites (N-methyl/N-ethyl adjacent to an activating group) is 3. The summed E-state index contributed by atoms with van der Waals surface area (Å²) in [6, 6.07) is 10.9. The molecule has 1 heterocycles. The van der Waals surface area contributed by atoms with Gasteiger partial charge in [0.2, 0.25) is 29.5 Å². The number of methoxy groups -OCH3 is 2. The molecule has 7 amide bonds. The van der Waals surface area contributed by atoms with Crippen molar-refractivity contribution in [2.45, 2.75) is 155 Å². The number of rotatable bonds is 32. The van der Waals surface area contributed by atoms with Crippen molar-refractivity contribution in [2.75, 3.05) is 60.8 Å². The summed E-state index contributed by atoms with van der Waals surface area (Å²) in [6.45, 7) is 15.5. The molecule has 1 aliphatic rings. The highest BCUT2D eigenvalue weighted by molar-refractivity contribution is 7.47. The Morgan fingerprint density at radius 2 is 1.51 bits per heavy atom. The normalized spacial score (nSPS) is 18.6. The number of nitrogens with zero attached hydrogens (tertiary/aromatic N) is 3. The van der Waals surface area contributed by atoms with Crippen LogP contribution < -0.4 is 32.3 Å². The SMILES string of the molecule is CC[C@H](C)[C@@H]([C@@H](CC(=O)N1CCC[C@H]1[C@H](OC)[C@@H](C)C(=O)N[C@H](C)[C@@H](OP(=O)(O)OCc1ccc(NC(=O)[C@H](CCCNC(N)=O)NC)cc1)c1ccccc1)OC)N(C)C(=O)[C@@H](NC(=O)[C@H](C(C)C)N(C)C)C(C)C. The van der Waals surface area contributed by atoms with Crippen molar-refractivity contribution in [3.8, 4) is 0 Å². The summed E-state index contributed by atoms with van der Waals surface area (Å²) in [6.07, 6.45) is 0.254. The molecule has 1 saturated heterocycles. The number of likely N-dealkylation sites (tertiary alicyclic amines) is 1. The highest BCUT2D eigenvalue weighted by Gasteiger charge is 2.44. The largest absolute Gasteiger partial charge is 0.473 e. The molecule has 0 saturated carbocycles. The fourth-order valence-corrected chi connectivity index (χ4v) is 11.1. The summed E-state index contributed by atoms with van der Waals surface area (Å²) in [5, 5.41) is 14.3. The fourth-order valence-electron chi connectivity index (χ4n) is 10.1. The van der Waals surface area contributed by atoms with Crippen LogP contribution in [0.3, 0.4) is 0 Å². The Morgan fingerprint density at radius 3 is 2.05 bits per heavy atom. The molecule has 3 rings (SSSR count). The van der Waals surface area contributed by atoms with Crippen LogP contribution in [-0.4, -0.2) is 159 Å². The maximum atomic E-state index is 14.5. The highest BCUT2D eigenvalue weighted by atomic mass is 31.2. The molecule has 8 N–H and O–H groups in total. The van der Waals surface area contributed by atoms with E-state index < -0.39 is 80.2 Å². The van der Waals surface area contributed by atoms with Crippen LogP contribution in [-0.2, 0) is 53.7 Å². The lowest BCUT2D eigenvalue weighted by molar-refractivity contribution is -0.148. The zero-order chi connectivity index (χ0) is 57.0. The van der Waals surface area contributed by atoms with Gasteiger partial charge in [-0.3, -0.25) is 37.9 Å². The summed E-state index contributed by atoms with van der Waals surface area (Å²) in [7, 11) is 5.28. The number of primary amides is 1. The van der Waals surface area contributed by atoms with E-state index in [1.807, 2.05) is 60.5 Å². The lowest BCUT2D eigenvalue weighted by atomic mass is 9.89. The van der Waals surface area contributed by atoms with Crippen molar-refractivity contribution >= 4 is 49.1 Å². The van der Waals surface area contributed by atoms with E-state index in [4.69, 9.17) is 24.3 Å². The van der Waals surface area contributed by atoms with Gasteiger partial charge in [-0.15, -0.1) is 0 Å². The molecule has 1 aliphatic heterocycles. The van der Waals surface area contributed by atoms with E-state index in [0.29, 0.717) is 62.0 Å². The second-order valence-corrected chi connectivity index (χ2v) is 22.3. The molecule has 1 unspecified atom stereocenters. The number of amides is 7. The van der Waals surface area contributed by atoms with Gasteiger partial charge in [0.1, 0.15) is 12.1 Å². The van der Waals surface area contributed by atoms with Gasteiger partial charge in [-0.25, -0.2) is 9.36 Å². The minimum Gasteiger partial charge on any atom is -0.379 e. The van der Waals surface area contributed by atoms with Gasteiger partial charge in [-0.05, 0) is 94.8 Å². The van der Waals surface area contributed by atoms with Gasteiger partial charge in [0, 0.05) is 40.0 Å². The average Bonchev–Trinajstić information content (AvgIpc) is 3.86. The molecule has 0 spiro atoms. The van der Waals surface area contributed by atoms with Crippen LogP contribution >= 0.6 is 7.82 Å². The van der Waals surface area contributed by atoms with Gasteiger partial charge in [0.15, 0.2) is 0 Å². The first-order valence-corrected chi connectivity index (χ1v) is 28.0. The van der Waals surface area contributed by atoms with Gasteiger partial charge < -0.3 is 56.5 Å². The first kappa shape index (κ1) is 65.3. The molecule has 2 aromatic rings. The fraction of sp³-hybridized carbons (Fsp3) is 0.667. The van der Waals surface area contributed by atoms with E-state index in [-0.39, 0.29) is 54.4 Å². The summed E-state index contributed by atoms with van der Waals surface area (Å²) >= 11 is 0. The summed E-state index contributed by atoms with van der Waals surface area (Å²) < 4.78 is 37.0. The Kier molecular flexibility index (Phi) is 27.0. The van der Waals surface area contributed by atoms with Crippen LogP contribution in [0.25, 0.3) is 0 Å². The standard InChI is InChI=1S/C54H90N9O12P/c1-15-35(6)47(62(12)53(68)45(33(2)3)60-52(67)46(34(4)5)61(10)11)43(72-13)31-44(64)63-30-20-24-42(63)48(73-14)36(7)50(65)58-37(8)49(39-21-17-16-18-22-39)75-76(70,71)74-32-38-25-27-40(28-26-38)59-51(66)41(56-9)23-19-29-57-54(55)69/h16-18,21-22,25-28,33-37,41-43,45-49,56H,15,19-20,23-24,29-32H2,1-14H3,(H,58,65)(H,59,66)(H,60,67)(H,70,71)(H3,55,57,69)/t35-,36+,37+,41-,42-,43+,45-,46-,47-,48+,49+/m0/s1. The average molecular weight is 1090 g/mol. The van der Waals surface area contributed by atoms with Crippen molar-refractivity contribution in [3.63, 3.8) is 0 Å². The summed E-state index contributed by atoms with van der Waals surface area (Å²) in [5.74, 6) is -2.55. The monoisotopic (exact) mass is 1090 g/mol. The number of phosphoric acid groups is 1. The number of phosphoric ester groups is 1. The van der Waals surface area contributed by atoms with Gasteiger partial charge in [0.05, 0.1) is 61.4 Å². The van der Waals surface area contributed by atoms with Gasteiger partial charge >= 0.3 is 13.9 Å². The molecule has 0 bridgehead atoms. The number of anilines is 1. The van der Waals surface area contributed by atoms with Crippen molar-refractivity contribution in [2.24, 2.45) is 29.4 Å². The Bertz CT molecular complexity index is 2200. The second-order valence-electron chi connectivity index (χ2n) is 20.9. The van der Waals surface area contributed by atoms with Gasteiger partial charge in [-0.2, -0.15) is 0 Å². The molecule has 22 heteroatoms. The van der Waals surface area contributed by atoms with Crippen LogP contribution in [0.2, 0.25) is 0 Å². The highest BCUT2D eigenvalue weighted by Crippen LogP contribution is 2.49. The number of carbonyl (C=O) groups excluding carboxylic acids is 6. The molecule has 21 nitrogen and oxygen atoms in total.